The fourth-order valence-corrected chi connectivity index (χ4v) is 2.65. The van der Waals surface area contributed by atoms with Crippen LogP contribution in [0.1, 0.15) is 27.0 Å². The van der Waals surface area contributed by atoms with Crippen LogP contribution in [0.25, 0.3) is 0 Å². The van der Waals surface area contributed by atoms with Gasteiger partial charge in [0.15, 0.2) is 6.61 Å². The first-order chi connectivity index (χ1) is 13.4. The molecule has 0 unspecified atom stereocenters. The highest BCUT2D eigenvalue weighted by atomic mass is 16.5. The molecular formula is C21H24N2O5. The van der Waals surface area contributed by atoms with Gasteiger partial charge in [0.1, 0.15) is 12.3 Å². The van der Waals surface area contributed by atoms with E-state index in [-0.39, 0.29) is 19.0 Å². The highest BCUT2D eigenvalue weighted by Crippen LogP contribution is 2.16. The van der Waals surface area contributed by atoms with Crippen molar-refractivity contribution in [1.82, 2.24) is 10.6 Å². The summed E-state index contributed by atoms with van der Waals surface area (Å²) >= 11 is 0. The Balaban J connectivity index is 1.73. The maximum Gasteiger partial charge on any atom is 0.325 e. The van der Waals surface area contributed by atoms with Crippen molar-refractivity contribution in [3.05, 3.63) is 64.7 Å². The van der Waals surface area contributed by atoms with Crippen LogP contribution in [0, 0.1) is 13.8 Å². The molecule has 0 aliphatic rings. The average molecular weight is 384 g/mol. The Morgan fingerprint density at radius 1 is 0.964 bits per heavy atom. The van der Waals surface area contributed by atoms with Gasteiger partial charge in [-0.05, 0) is 32.0 Å². The predicted molar refractivity (Wildman–Crippen MR) is 104 cm³/mol. The number of aryl methyl sites for hydroxylation is 2. The molecule has 0 aromatic heterocycles. The monoisotopic (exact) mass is 384 g/mol. The topological polar surface area (TPSA) is 93.7 Å². The van der Waals surface area contributed by atoms with Crippen LogP contribution in [0.3, 0.4) is 0 Å². The van der Waals surface area contributed by atoms with Crippen LogP contribution < -0.4 is 15.4 Å². The molecule has 0 saturated heterocycles. The zero-order valence-corrected chi connectivity index (χ0v) is 16.2. The lowest BCUT2D eigenvalue weighted by Crippen LogP contribution is -2.33. The fourth-order valence-electron chi connectivity index (χ4n) is 2.65. The molecule has 0 bridgehead atoms. The Kier molecular flexibility index (Phi) is 7.56. The van der Waals surface area contributed by atoms with Crippen LogP contribution in [-0.4, -0.2) is 38.0 Å². The largest absolute Gasteiger partial charge is 0.496 e. The van der Waals surface area contributed by atoms with Crippen molar-refractivity contribution in [2.75, 3.05) is 20.3 Å². The Hall–Kier alpha value is -3.35. The number of benzene rings is 2. The van der Waals surface area contributed by atoms with Gasteiger partial charge in [-0.3, -0.25) is 14.4 Å². The van der Waals surface area contributed by atoms with Gasteiger partial charge in [0.2, 0.25) is 0 Å². The molecule has 0 atom stereocenters. The lowest BCUT2D eigenvalue weighted by Gasteiger charge is -2.10. The number of hydrogen-bond donors (Lipinski definition) is 2. The highest BCUT2D eigenvalue weighted by molar-refractivity contribution is 5.96. The molecule has 0 saturated carbocycles. The second-order valence-electron chi connectivity index (χ2n) is 6.31. The lowest BCUT2D eigenvalue weighted by atomic mass is 10.1. The molecule has 0 radical (unpaired) electrons. The summed E-state index contributed by atoms with van der Waals surface area (Å²) < 4.78 is 10.1. The summed E-state index contributed by atoms with van der Waals surface area (Å²) in [4.78, 5) is 35.7. The summed E-state index contributed by atoms with van der Waals surface area (Å²) in [6.07, 6.45) is 0. The van der Waals surface area contributed by atoms with Gasteiger partial charge >= 0.3 is 5.97 Å². The summed E-state index contributed by atoms with van der Waals surface area (Å²) in [5.41, 5.74) is 3.20. The van der Waals surface area contributed by atoms with Gasteiger partial charge in [-0.15, -0.1) is 0 Å². The standard InChI is InChI=1S/C21H24N2O5/c1-14-8-15(2)10-17(9-14)21(26)23-12-20(25)28-13-19(24)22-11-16-6-4-5-7-18(16)27-3/h4-10H,11-13H2,1-3H3,(H,22,24)(H,23,26). The number of carbonyl (C=O) groups excluding carboxylic acids is 3. The average Bonchev–Trinajstić information content (AvgIpc) is 2.68. The zero-order valence-electron chi connectivity index (χ0n) is 16.2. The molecule has 2 aromatic carbocycles. The number of ether oxygens (including phenoxy) is 2. The summed E-state index contributed by atoms with van der Waals surface area (Å²) in [6, 6.07) is 12.7. The second-order valence-corrected chi connectivity index (χ2v) is 6.31. The molecule has 148 valence electrons. The molecule has 2 amide bonds. The van der Waals surface area contributed by atoms with Crippen molar-refractivity contribution < 1.29 is 23.9 Å². The van der Waals surface area contributed by atoms with Crippen molar-refractivity contribution in [3.63, 3.8) is 0 Å². The molecule has 2 rings (SSSR count). The third-order valence-electron chi connectivity index (χ3n) is 3.91. The Morgan fingerprint density at radius 2 is 1.64 bits per heavy atom. The molecule has 28 heavy (non-hydrogen) atoms. The van der Waals surface area contributed by atoms with Gasteiger partial charge in [-0.25, -0.2) is 0 Å². The van der Waals surface area contributed by atoms with Crippen molar-refractivity contribution in [1.29, 1.82) is 0 Å². The quantitative estimate of drug-likeness (QED) is 0.678. The third kappa shape index (κ3) is 6.42. The van der Waals surface area contributed by atoms with Crippen molar-refractivity contribution in [3.8, 4) is 5.75 Å². The highest BCUT2D eigenvalue weighted by Gasteiger charge is 2.12. The van der Waals surface area contributed by atoms with Crippen molar-refractivity contribution in [2.24, 2.45) is 0 Å². The Labute approximate surface area is 164 Å². The van der Waals surface area contributed by atoms with Gasteiger partial charge in [0.25, 0.3) is 11.8 Å². The maximum atomic E-state index is 12.1. The summed E-state index contributed by atoms with van der Waals surface area (Å²) in [5, 5.41) is 5.14. The van der Waals surface area contributed by atoms with Crippen molar-refractivity contribution >= 4 is 17.8 Å². The summed E-state index contributed by atoms with van der Waals surface area (Å²) in [7, 11) is 1.55. The van der Waals surface area contributed by atoms with E-state index in [9.17, 15) is 14.4 Å². The van der Waals surface area contributed by atoms with E-state index in [4.69, 9.17) is 9.47 Å². The number of amides is 2. The molecule has 7 heteroatoms. The van der Waals surface area contributed by atoms with Gasteiger partial charge in [0, 0.05) is 17.7 Å². The zero-order chi connectivity index (χ0) is 20.5. The van der Waals surface area contributed by atoms with E-state index in [0.29, 0.717) is 11.3 Å². The number of para-hydroxylation sites is 1. The first kappa shape index (κ1) is 21.0. The number of nitrogens with one attached hydrogen (secondary N) is 2. The SMILES string of the molecule is COc1ccccc1CNC(=O)COC(=O)CNC(=O)c1cc(C)cc(C)c1. The van der Waals surface area contributed by atoms with Gasteiger partial charge < -0.3 is 20.1 Å². The normalized spacial score (nSPS) is 10.1. The maximum absolute atomic E-state index is 12.1. The van der Waals surface area contributed by atoms with Gasteiger partial charge in [0.05, 0.1) is 7.11 Å². The molecule has 0 spiro atoms. The molecule has 0 aliphatic carbocycles. The van der Waals surface area contributed by atoms with Crippen molar-refractivity contribution in [2.45, 2.75) is 20.4 Å². The minimum atomic E-state index is -0.690. The Bertz CT molecular complexity index is 843. The van der Waals surface area contributed by atoms with E-state index in [1.165, 1.54) is 0 Å². The molecule has 0 fully saturated rings. The number of esters is 1. The van der Waals surface area contributed by atoms with Crippen LogP contribution in [-0.2, 0) is 20.9 Å². The number of hydrogen-bond acceptors (Lipinski definition) is 5. The fraction of sp³-hybridized carbons (Fsp3) is 0.286. The number of methoxy groups -OCH3 is 1. The van der Waals surface area contributed by atoms with E-state index in [2.05, 4.69) is 10.6 Å². The first-order valence-corrected chi connectivity index (χ1v) is 8.79. The number of rotatable bonds is 8. The van der Waals surface area contributed by atoms with E-state index < -0.39 is 18.5 Å². The minimum Gasteiger partial charge on any atom is -0.496 e. The molecule has 0 heterocycles. The minimum absolute atomic E-state index is 0.254. The van der Waals surface area contributed by atoms with Crippen LogP contribution in [0.2, 0.25) is 0 Å². The smallest absolute Gasteiger partial charge is 0.325 e. The van der Waals surface area contributed by atoms with Gasteiger partial charge in [-0.1, -0.05) is 35.4 Å². The number of carbonyl (C=O) groups is 3. The predicted octanol–water partition coefficient (Wildman–Crippen LogP) is 1.90. The van der Waals surface area contributed by atoms with E-state index in [1.54, 1.807) is 25.3 Å². The summed E-state index contributed by atoms with van der Waals surface area (Å²) in [6.45, 7) is 3.30. The van der Waals surface area contributed by atoms with E-state index in [0.717, 1.165) is 16.7 Å². The summed E-state index contributed by atoms with van der Waals surface area (Å²) in [5.74, 6) is -0.844. The first-order valence-electron chi connectivity index (χ1n) is 8.79. The molecule has 0 aliphatic heterocycles. The second kappa shape index (κ2) is 10.1. The van der Waals surface area contributed by atoms with Gasteiger partial charge in [-0.2, -0.15) is 0 Å². The lowest BCUT2D eigenvalue weighted by molar-refractivity contribution is -0.147. The van der Waals surface area contributed by atoms with E-state index >= 15 is 0 Å². The van der Waals surface area contributed by atoms with Crippen LogP contribution in [0.4, 0.5) is 0 Å². The third-order valence-corrected chi connectivity index (χ3v) is 3.91. The van der Waals surface area contributed by atoms with Crippen LogP contribution >= 0.6 is 0 Å². The molecule has 2 aromatic rings. The van der Waals surface area contributed by atoms with Crippen LogP contribution in [0.5, 0.6) is 5.75 Å². The molecule has 7 nitrogen and oxygen atoms in total. The Morgan fingerprint density at radius 3 is 2.32 bits per heavy atom. The molecular weight excluding hydrogens is 360 g/mol. The van der Waals surface area contributed by atoms with E-state index in [1.807, 2.05) is 38.1 Å². The molecule has 2 N–H and O–H groups in total. The van der Waals surface area contributed by atoms with Crippen LogP contribution in [0.15, 0.2) is 42.5 Å².